The van der Waals surface area contributed by atoms with Crippen LogP contribution < -0.4 is 10.1 Å². The number of ether oxygens (including phenoxy) is 2. The lowest BCUT2D eigenvalue weighted by Crippen LogP contribution is -2.31. The van der Waals surface area contributed by atoms with Gasteiger partial charge in [0, 0.05) is 12.5 Å². The third kappa shape index (κ3) is 2.54. The van der Waals surface area contributed by atoms with Crippen molar-refractivity contribution < 1.29 is 19.1 Å². The highest BCUT2D eigenvalue weighted by Gasteiger charge is 2.37. The van der Waals surface area contributed by atoms with Crippen molar-refractivity contribution in [1.82, 2.24) is 0 Å². The molecule has 0 saturated heterocycles. The number of rotatable bonds is 2. The van der Waals surface area contributed by atoms with Crippen LogP contribution in [0.2, 0.25) is 5.02 Å². The second-order valence-electron chi connectivity index (χ2n) is 5.80. The lowest BCUT2D eigenvalue weighted by Gasteiger charge is -2.38. The number of carbonyl (C=O) groups is 2. The number of benzene rings is 1. The predicted octanol–water partition coefficient (Wildman–Crippen LogP) is 3.50. The zero-order valence-corrected chi connectivity index (χ0v) is 13.3. The van der Waals surface area contributed by atoms with E-state index in [1.165, 1.54) is 20.1 Å². The van der Waals surface area contributed by atoms with Gasteiger partial charge in [0.25, 0.3) is 0 Å². The summed E-state index contributed by atoms with van der Waals surface area (Å²) in [6, 6.07) is 1.51. The standard InChI is InChI=1S/C16H18ClNO4/c1-8(19)18-14-12(17)7-11(16(20)21-2)15-13(14)9-4-3-5-10(6-9)22-15/h7,9-10H,3-6H2,1-2H3,(H,18,19). The summed E-state index contributed by atoms with van der Waals surface area (Å²) >= 11 is 6.31. The van der Waals surface area contributed by atoms with E-state index in [-0.39, 0.29) is 17.9 Å². The molecule has 2 aliphatic rings. The fourth-order valence-corrected chi connectivity index (χ4v) is 3.67. The third-order valence-electron chi connectivity index (χ3n) is 4.29. The minimum absolute atomic E-state index is 0.112. The van der Waals surface area contributed by atoms with Crippen molar-refractivity contribution in [3.05, 3.63) is 22.2 Å². The Kier molecular flexibility index (Phi) is 4.00. The number of nitrogens with one attached hydrogen (secondary N) is 1. The Bertz CT molecular complexity index is 644. The number of methoxy groups -OCH3 is 1. The highest BCUT2D eigenvalue weighted by Crippen LogP contribution is 2.50. The molecule has 22 heavy (non-hydrogen) atoms. The maximum absolute atomic E-state index is 12.0. The highest BCUT2D eigenvalue weighted by atomic mass is 35.5. The van der Waals surface area contributed by atoms with Gasteiger partial charge in [-0.3, -0.25) is 4.79 Å². The monoisotopic (exact) mass is 323 g/mol. The van der Waals surface area contributed by atoms with Crippen molar-refractivity contribution in [2.24, 2.45) is 0 Å². The molecule has 118 valence electrons. The summed E-state index contributed by atoms with van der Waals surface area (Å²) in [5.41, 5.74) is 1.72. The van der Waals surface area contributed by atoms with Gasteiger partial charge in [-0.15, -0.1) is 0 Å². The Morgan fingerprint density at radius 3 is 2.86 bits per heavy atom. The summed E-state index contributed by atoms with van der Waals surface area (Å²) in [5, 5.41) is 3.12. The van der Waals surface area contributed by atoms with E-state index in [1.807, 2.05) is 0 Å². The Morgan fingerprint density at radius 2 is 2.18 bits per heavy atom. The summed E-state index contributed by atoms with van der Waals surface area (Å²) in [6.45, 7) is 1.43. The molecule has 0 spiro atoms. The molecular weight excluding hydrogens is 306 g/mol. The minimum atomic E-state index is -0.479. The Labute approximate surface area is 133 Å². The molecule has 1 saturated carbocycles. The van der Waals surface area contributed by atoms with Gasteiger partial charge in [0.1, 0.15) is 11.3 Å². The Hall–Kier alpha value is -1.75. The van der Waals surface area contributed by atoms with Gasteiger partial charge in [-0.25, -0.2) is 4.79 Å². The van der Waals surface area contributed by atoms with Gasteiger partial charge >= 0.3 is 5.97 Å². The summed E-state index contributed by atoms with van der Waals surface area (Å²) in [5.74, 6) is 0.0766. The van der Waals surface area contributed by atoms with E-state index in [9.17, 15) is 9.59 Å². The molecule has 5 nitrogen and oxygen atoms in total. The number of anilines is 1. The van der Waals surface area contributed by atoms with Crippen LogP contribution in [0.3, 0.4) is 0 Å². The average Bonchev–Trinajstić information content (AvgIpc) is 2.49. The van der Waals surface area contributed by atoms with Crippen LogP contribution in [0.15, 0.2) is 6.07 Å². The molecule has 1 aromatic carbocycles. The van der Waals surface area contributed by atoms with Crippen LogP contribution >= 0.6 is 11.6 Å². The molecule has 3 rings (SSSR count). The quantitative estimate of drug-likeness (QED) is 0.846. The largest absolute Gasteiger partial charge is 0.489 e. The second-order valence-corrected chi connectivity index (χ2v) is 6.21. The summed E-state index contributed by atoms with van der Waals surface area (Å²) < 4.78 is 10.9. The number of fused-ring (bicyclic) bond motifs is 4. The molecule has 1 aliphatic carbocycles. The smallest absolute Gasteiger partial charge is 0.341 e. The van der Waals surface area contributed by atoms with E-state index < -0.39 is 5.97 Å². The fraction of sp³-hybridized carbons (Fsp3) is 0.500. The van der Waals surface area contributed by atoms with E-state index in [4.69, 9.17) is 21.1 Å². The number of halogens is 1. The van der Waals surface area contributed by atoms with Gasteiger partial charge in [-0.05, 0) is 37.7 Å². The van der Waals surface area contributed by atoms with E-state index in [0.29, 0.717) is 22.0 Å². The maximum atomic E-state index is 12.0. The maximum Gasteiger partial charge on any atom is 0.341 e. The van der Waals surface area contributed by atoms with Crippen molar-refractivity contribution in [3.63, 3.8) is 0 Å². The summed E-state index contributed by atoms with van der Waals surface area (Å²) in [6.07, 6.45) is 4.05. The van der Waals surface area contributed by atoms with Crippen molar-refractivity contribution >= 4 is 29.2 Å². The molecule has 0 radical (unpaired) electrons. The van der Waals surface area contributed by atoms with E-state index in [2.05, 4.69) is 5.32 Å². The normalized spacial score (nSPS) is 22.3. The van der Waals surface area contributed by atoms with Crippen LogP contribution in [-0.2, 0) is 9.53 Å². The minimum Gasteiger partial charge on any atom is -0.489 e. The lowest BCUT2D eigenvalue weighted by atomic mass is 9.78. The van der Waals surface area contributed by atoms with Crippen molar-refractivity contribution in [3.8, 4) is 5.75 Å². The van der Waals surface area contributed by atoms with Gasteiger partial charge in [-0.2, -0.15) is 0 Å². The van der Waals surface area contributed by atoms with E-state index in [1.54, 1.807) is 0 Å². The molecule has 1 amide bonds. The van der Waals surface area contributed by atoms with Gasteiger partial charge in [-0.1, -0.05) is 11.6 Å². The van der Waals surface area contributed by atoms with Gasteiger partial charge in [0.2, 0.25) is 5.91 Å². The van der Waals surface area contributed by atoms with Gasteiger partial charge < -0.3 is 14.8 Å². The van der Waals surface area contributed by atoms with Crippen LogP contribution in [0.1, 0.15) is 54.4 Å². The first-order valence-electron chi connectivity index (χ1n) is 7.40. The van der Waals surface area contributed by atoms with Crippen LogP contribution in [0.25, 0.3) is 0 Å². The molecule has 1 heterocycles. The molecule has 1 aromatic rings. The number of carbonyl (C=O) groups excluding carboxylic acids is 2. The number of hydrogen-bond acceptors (Lipinski definition) is 4. The lowest BCUT2D eigenvalue weighted by molar-refractivity contribution is -0.114. The Balaban J connectivity index is 2.20. The first kappa shape index (κ1) is 15.2. The first-order chi connectivity index (χ1) is 10.5. The number of hydrogen-bond donors (Lipinski definition) is 1. The van der Waals surface area contributed by atoms with Crippen molar-refractivity contribution in [1.29, 1.82) is 0 Å². The molecule has 6 heteroatoms. The summed E-state index contributed by atoms with van der Waals surface area (Å²) in [7, 11) is 1.33. The zero-order chi connectivity index (χ0) is 15.9. The van der Waals surface area contributed by atoms with Crippen LogP contribution in [0.5, 0.6) is 5.75 Å². The SMILES string of the molecule is COC(=O)c1cc(Cl)c(NC(C)=O)c2c1OC1CCCC2C1. The second kappa shape index (κ2) is 5.80. The fourth-order valence-electron chi connectivity index (χ4n) is 3.41. The summed E-state index contributed by atoms with van der Waals surface area (Å²) in [4.78, 5) is 23.5. The van der Waals surface area contributed by atoms with E-state index >= 15 is 0 Å². The zero-order valence-electron chi connectivity index (χ0n) is 12.6. The third-order valence-corrected chi connectivity index (χ3v) is 4.59. The molecular formula is C16H18ClNO4. The first-order valence-corrected chi connectivity index (χ1v) is 7.78. The molecule has 1 fully saturated rings. The van der Waals surface area contributed by atoms with Crippen molar-refractivity contribution in [2.45, 2.75) is 44.6 Å². The molecule has 1 aliphatic heterocycles. The van der Waals surface area contributed by atoms with Crippen molar-refractivity contribution in [2.75, 3.05) is 12.4 Å². The van der Waals surface area contributed by atoms with Gasteiger partial charge in [0.15, 0.2) is 0 Å². The van der Waals surface area contributed by atoms with Crippen LogP contribution in [0.4, 0.5) is 5.69 Å². The highest BCUT2D eigenvalue weighted by molar-refractivity contribution is 6.34. The molecule has 0 aromatic heterocycles. The topological polar surface area (TPSA) is 64.6 Å². The molecule has 1 N–H and O–H groups in total. The van der Waals surface area contributed by atoms with E-state index in [0.717, 1.165) is 31.2 Å². The number of esters is 1. The molecule has 2 bridgehead atoms. The molecule has 2 atom stereocenters. The number of amides is 1. The van der Waals surface area contributed by atoms with Crippen LogP contribution in [-0.4, -0.2) is 25.1 Å². The van der Waals surface area contributed by atoms with Crippen LogP contribution in [0, 0.1) is 0 Å². The molecule has 2 unspecified atom stereocenters. The average molecular weight is 324 g/mol. The Morgan fingerprint density at radius 1 is 1.41 bits per heavy atom. The predicted molar refractivity (Wildman–Crippen MR) is 82.7 cm³/mol. The van der Waals surface area contributed by atoms with Gasteiger partial charge in [0.05, 0.1) is 23.9 Å².